The zero-order chi connectivity index (χ0) is 33.2. The third-order valence-corrected chi connectivity index (χ3v) is 9.20. The highest BCUT2D eigenvalue weighted by Gasteiger charge is 2.48. The molecule has 2 aliphatic carbocycles. The summed E-state index contributed by atoms with van der Waals surface area (Å²) >= 11 is 0. The maximum Gasteiger partial charge on any atom is 0.405 e. The lowest BCUT2D eigenvalue weighted by Crippen LogP contribution is -2.40. The average molecular weight is 640 g/mol. The van der Waals surface area contributed by atoms with Crippen LogP contribution in [0.15, 0.2) is 96.3 Å². The lowest BCUT2D eigenvalue weighted by molar-refractivity contribution is -0.123. The van der Waals surface area contributed by atoms with Crippen LogP contribution in [0.2, 0.25) is 0 Å². The van der Waals surface area contributed by atoms with E-state index in [1.165, 1.54) is 0 Å². The van der Waals surface area contributed by atoms with E-state index in [0.29, 0.717) is 23.5 Å². The largest absolute Gasteiger partial charge is 0.405 e. The van der Waals surface area contributed by atoms with Crippen LogP contribution >= 0.6 is 0 Å². The van der Waals surface area contributed by atoms with Gasteiger partial charge in [0.05, 0.1) is 11.0 Å². The van der Waals surface area contributed by atoms with Gasteiger partial charge in [0.25, 0.3) is 5.91 Å². The fourth-order valence-corrected chi connectivity index (χ4v) is 6.81. The van der Waals surface area contributed by atoms with E-state index in [0.717, 1.165) is 83.4 Å². The molecule has 1 heterocycles. The molecule has 0 bridgehead atoms. The van der Waals surface area contributed by atoms with Crippen molar-refractivity contribution in [3.8, 4) is 11.1 Å². The number of hydrogen-bond acceptors (Lipinski definition) is 5. The first-order valence-electron chi connectivity index (χ1n) is 16.1. The Bertz CT molecular complexity index is 1750. The van der Waals surface area contributed by atoms with Gasteiger partial charge in [0, 0.05) is 24.1 Å². The number of likely N-dealkylation sites (N-methyl/N-ethyl adjacent to an activating group) is 1. The molecule has 4 N–H and O–H groups in total. The standard InChI is InChI=1S/C38H40F3N5O/c1-25-12-16-33(42)30(22-25)36(47)45-34-17-13-26(23-43-34)18-21-46(2)20-7-19-37(35(27-14-15-27)44-24-38(39,40)41)31-10-5-3-8-28(31)29-9-4-6-11-32(29)37/h3-6,8-13,16-17,22-23,44H,7,14-15,18-21,24,42H2,1-2H3,(H,43,45,47). The summed E-state index contributed by atoms with van der Waals surface area (Å²) in [5.74, 6) is 0.153. The van der Waals surface area contributed by atoms with Crippen LogP contribution < -0.4 is 16.4 Å². The third kappa shape index (κ3) is 7.05. The fourth-order valence-electron chi connectivity index (χ4n) is 6.81. The fraction of sp³-hybridized carbons (Fsp3) is 0.316. The number of anilines is 2. The van der Waals surface area contributed by atoms with Crippen molar-refractivity contribution in [2.24, 2.45) is 0 Å². The van der Waals surface area contributed by atoms with Gasteiger partial charge in [-0.2, -0.15) is 13.2 Å². The van der Waals surface area contributed by atoms with Gasteiger partial charge in [-0.15, -0.1) is 0 Å². The molecular formula is C38H40F3N5O. The van der Waals surface area contributed by atoms with Crippen molar-refractivity contribution in [1.29, 1.82) is 0 Å². The van der Waals surface area contributed by atoms with Crippen molar-refractivity contribution in [2.45, 2.75) is 50.6 Å². The molecule has 0 aliphatic heterocycles. The van der Waals surface area contributed by atoms with Crippen LogP contribution in [0.3, 0.4) is 0 Å². The number of halogens is 3. The first-order chi connectivity index (χ1) is 22.5. The summed E-state index contributed by atoms with van der Waals surface area (Å²) in [6.45, 7) is 2.43. The molecule has 9 heteroatoms. The number of nitrogens with zero attached hydrogens (tertiary/aromatic N) is 2. The lowest BCUT2D eigenvalue weighted by atomic mass is 9.71. The molecule has 244 valence electrons. The second-order valence-electron chi connectivity index (χ2n) is 12.7. The normalized spacial score (nSPS) is 14.5. The van der Waals surface area contributed by atoms with Crippen LogP contribution in [0, 0.1) is 6.92 Å². The number of nitrogens with one attached hydrogen (secondary N) is 2. The molecule has 1 amide bonds. The monoisotopic (exact) mass is 639 g/mol. The molecular weight excluding hydrogens is 599 g/mol. The van der Waals surface area contributed by atoms with E-state index in [1.54, 1.807) is 24.4 Å². The first-order valence-corrected chi connectivity index (χ1v) is 16.1. The maximum atomic E-state index is 13.5. The van der Waals surface area contributed by atoms with Crippen molar-refractivity contribution in [3.05, 3.63) is 124 Å². The smallest absolute Gasteiger partial charge is 0.398 e. The van der Waals surface area contributed by atoms with Gasteiger partial charge in [0.15, 0.2) is 0 Å². The number of fused-ring (bicyclic) bond motifs is 3. The minimum absolute atomic E-state index is 0.300. The van der Waals surface area contributed by atoms with Crippen LogP contribution in [0.4, 0.5) is 24.7 Å². The summed E-state index contributed by atoms with van der Waals surface area (Å²) in [4.78, 5) is 19.4. The number of hydrogen-bond donors (Lipinski definition) is 3. The van der Waals surface area contributed by atoms with Gasteiger partial charge >= 0.3 is 6.18 Å². The molecule has 1 saturated carbocycles. The minimum Gasteiger partial charge on any atom is -0.398 e. The summed E-state index contributed by atoms with van der Waals surface area (Å²) in [5.41, 5.74) is 14.3. The van der Waals surface area contributed by atoms with E-state index in [-0.39, 0.29) is 5.91 Å². The number of benzene rings is 3. The van der Waals surface area contributed by atoms with E-state index in [9.17, 15) is 18.0 Å². The predicted molar refractivity (Wildman–Crippen MR) is 181 cm³/mol. The van der Waals surface area contributed by atoms with Crippen molar-refractivity contribution in [1.82, 2.24) is 15.2 Å². The highest BCUT2D eigenvalue weighted by Crippen LogP contribution is 2.56. The number of pyridine rings is 1. The van der Waals surface area contributed by atoms with Gasteiger partial charge in [0.1, 0.15) is 12.4 Å². The van der Waals surface area contributed by atoms with Crippen molar-refractivity contribution >= 4 is 17.4 Å². The predicted octanol–water partition coefficient (Wildman–Crippen LogP) is 7.65. The number of carbonyl (C=O) groups is 1. The zero-order valence-electron chi connectivity index (χ0n) is 26.8. The van der Waals surface area contributed by atoms with Gasteiger partial charge in [-0.1, -0.05) is 66.2 Å². The minimum atomic E-state index is -4.31. The number of amides is 1. The lowest BCUT2D eigenvalue weighted by Gasteiger charge is -2.36. The Morgan fingerprint density at radius 3 is 2.26 bits per heavy atom. The van der Waals surface area contributed by atoms with E-state index in [1.807, 2.05) is 43.3 Å². The van der Waals surface area contributed by atoms with Crippen LogP contribution in [-0.2, 0) is 11.8 Å². The van der Waals surface area contributed by atoms with E-state index in [2.05, 4.69) is 51.8 Å². The number of rotatable bonds is 12. The molecule has 0 saturated heterocycles. The molecule has 1 aromatic heterocycles. The Balaban J connectivity index is 1.12. The Morgan fingerprint density at radius 1 is 0.957 bits per heavy atom. The number of alkyl halides is 3. The van der Waals surface area contributed by atoms with Crippen LogP contribution in [0.25, 0.3) is 11.1 Å². The molecule has 0 atom stereocenters. The highest BCUT2D eigenvalue weighted by molar-refractivity contribution is 6.07. The average Bonchev–Trinajstić information content (AvgIpc) is 3.85. The Morgan fingerprint density at radius 2 is 1.64 bits per heavy atom. The third-order valence-electron chi connectivity index (χ3n) is 9.20. The number of nitrogen functional groups attached to an aromatic ring is 1. The quantitative estimate of drug-likeness (QED) is 0.139. The molecule has 0 spiro atoms. The maximum absolute atomic E-state index is 13.5. The summed E-state index contributed by atoms with van der Waals surface area (Å²) in [7, 11) is 2.07. The summed E-state index contributed by atoms with van der Waals surface area (Å²) < 4.78 is 40.6. The zero-order valence-corrected chi connectivity index (χ0v) is 26.8. The summed E-state index contributed by atoms with van der Waals surface area (Å²) in [6.07, 6.45) is 1.36. The summed E-state index contributed by atoms with van der Waals surface area (Å²) in [5, 5.41) is 5.72. The first kappa shape index (κ1) is 32.3. The van der Waals surface area contributed by atoms with Crippen LogP contribution in [-0.4, -0.2) is 48.6 Å². The van der Waals surface area contributed by atoms with E-state index in [4.69, 9.17) is 5.73 Å². The van der Waals surface area contributed by atoms with Crippen molar-refractivity contribution in [3.63, 3.8) is 0 Å². The second kappa shape index (κ2) is 13.2. The van der Waals surface area contributed by atoms with Crippen molar-refractivity contribution < 1.29 is 18.0 Å². The summed E-state index contributed by atoms with van der Waals surface area (Å²) in [6, 6.07) is 25.4. The van der Waals surface area contributed by atoms with Crippen LogP contribution in [0.5, 0.6) is 0 Å². The molecule has 2 aliphatic rings. The molecule has 6 rings (SSSR count). The molecule has 3 aromatic carbocycles. The molecule has 1 fully saturated rings. The van der Waals surface area contributed by atoms with Crippen LogP contribution in [0.1, 0.15) is 58.3 Å². The van der Waals surface area contributed by atoms with Crippen molar-refractivity contribution in [2.75, 3.05) is 37.7 Å². The van der Waals surface area contributed by atoms with E-state index < -0.39 is 18.1 Å². The van der Waals surface area contributed by atoms with Gasteiger partial charge < -0.3 is 21.3 Å². The van der Waals surface area contributed by atoms with E-state index >= 15 is 0 Å². The van der Waals surface area contributed by atoms with Gasteiger partial charge in [-0.3, -0.25) is 4.79 Å². The molecule has 6 nitrogen and oxygen atoms in total. The molecule has 47 heavy (non-hydrogen) atoms. The van der Waals surface area contributed by atoms with Gasteiger partial charge in [-0.25, -0.2) is 4.98 Å². The SMILES string of the molecule is Cc1ccc(N)c(C(=O)Nc2ccc(CCN(C)CCCC3(C(NCC(F)(F)F)=C4CC4)c4ccccc4-c4ccccc43)cn2)c1. The number of nitrogens with two attached hydrogens (primary N) is 1. The Kier molecular flexibility index (Phi) is 9.10. The molecule has 0 unspecified atom stereocenters. The number of aryl methyl sites for hydroxylation is 1. The Hall–Kier alpha value is -4.63. The van der Waals surface area contributed by atoms with Gasteiger partial charge in [-0.05, 0) is 104 Å². The highest BCUT2D eigenvalue weighted by atomic mass is 19.4. The second-order valence-corrected chi connectivity index (χ2v) is 12.7. The number of aromatic nitrogens is 1. The van der Waals surface area contributed by atoms with Gasteiger partial charge in [0.2, 0.25) is 0 Å². The molecule has 4 aromatic rings. The molecule has 0 radical (unpaired) electrons. The number of carbonyl (C=O) groups excluding carboxylic acids is 1. The topological polar surface area (TPSA) is 83.3 Å². The number of allylic oxidation sites excluding steroid dienone is 2. The Labute approximate surface area is 273 Å².